The summed E-state index contributed by atoms with van der Waals surface area (Å²) >= 11 is 5.34. The normalized spacial score (nSPS) is 10.0. The number of hydrogen-bond acceptors (Lipinski definition) is 3. The lowest BCUT2D eigenvalue weighted by atomic mass is 10.3. The van der Waals surface area contributed by atoms with Gasteiger partial charge in [0.25, 0.3) is 0 Å². The Morgan fingerprint density at radius 1 is 1.67 bits per heavy atom. The highest BCUT2D eigenvalue weighted by atomic mass is 79.9. The van der Waals surface area contributed by atoms with E-state index in [9.17, 15) is 0 Å². The van der Waals surface area contributed by atoms with Crippen LogP contribution in [0.25, 0.3) is 0 Å². The molecule has 0 saturated heterocycles. The van der Waals surface area contributed by atoms with Gasteiger partial charge in [-0.15, -0.1) is 6.58 Å². The van der Waals surface area contributed by atoms with Crippen molar-refractivity contribution in [3.8, 4) is 0 Å². The minimum Gasteiger partial charge on any atom is -0.368 e. The Morgan fingerprint density at radius 3 is 3.13 bits per heavy atom. The first kappa shape index (κ1) is 12.6. The highest BCUT2D eigenvalue weighted by Gasteiger charge is 1.99. The maximum absolute atomic E-state index is 4.31. The van der Waals surface area contributed by atoms with Crippen LogP contribution in [0.2, 0.25) is 0 Å². The van der Waals surface area contributed by atoms with Crippen molar-refractivity contribution in [2.24, 2.45) is 0 Å². The van der Waals surface area contributed by atoms with Gasteiger partial charge in [0.15, 0.2) is 0 Å². The summed E-state index contributed by atoms with van der Waals surface area (Å²) in [6, 6.07) is 2.06. The molecule has 1 aromatic heterocycles. The lowest BCUT2D eigenvalue weighted by Gasteiger charge is -2.07. The Morgan fingerprint density at radius 2 is 2.47 bits per heavy atom. The van der Waals surface area contributed by atoms with E-state index < -0.39 is 0 Å². The summed E-state index contributed by atoms with van der Waals surface area (Å²) in [7, 11) is 0. The summed E-state index contributed by atoms with van der Waals surface area (Å²) < 4.78 is 1.02. The molecule has 0 saturated carbocycles. The first-order valence-electron chi connectivity index (χ1n) is 4.78. The average molecular weight is 287 g/mol. The number of thioether (sulfide) groups is 1. The van der Waals surface area contributed by atoms with E-state index in [1.807, 2.05) is 31.0 Å². The van der Waals surface area contributed by atoms with Gasteiger partial charge >= 0.3 is 0 Å². The molecule has 0 bridgehead atoms. The second kappa shape index (κ2) is 6.90. The standard InChI is InChI=1S/C11H15BrN2S/c1-3-5-15-6-4-13-11-10(12)7-9(2)8-14-11/h3,7-8H,1,4-6H2,2H3,(H,13,14). The monoisotopic (exact) mass is 286 g/mol. The van der Waals surface area contributed by atoms with Crippen LogP contribution in [0.4, 0.5) is 5.82 Å². The molecule has 0 unspecified atom stereocenters. The summed E-state index contributed by atoms with van der Waals surface area (Å²) in [6.07, 6.45) is 3.79. The minimum absolute atomic E-state index is 0.916. The van der Waals surface area contributed by atoms with Crippen LogP contribution < -0.4 is 5.32 Å². The Bertz CT molecular complexity index is 328. The van der Waals surface area contributed by atoms with E-state index in [1.165, 1.54) is 0 Å². The first-order chi connectivity index (χ1) is 7.24. The van der Waals surface area contributed by atoms with Crippen molar-refractivity contribution in [3.63, 3.8) is 0 Å². The SMILES string of the molecule is C=CCSCCNc1ncc(C)cc1Br. The van der Waals surface area contributed by atoms with Crippen molar-refractivity contribution in [2.75, 3.05) is 23.4 Å². The van der Waals surface area contributed by atoms with Crippen LogP contribution in [0.1, 0.15) is 5.56 Å². The van der Waals surface area contributed by atoms with Gasteiger partial charge in [0.2, 0.25) is 0 Å². The molecule has 1 aromatic rings. The second-order valence-electron chi connectivity index (χ2n) is 3.13. The molecule has 0 spiro atoms. The van der Waals surface area contributed by atoms with E-state index in [1.54, 1.807) is 0 Å². The van der Waals surface area contributed by atoms with Gasteiger partial charge in [0.1, 0.15) is 5.82 Å². The van der Waals surface area contributed by atoms with Gasteiger partial charge in [-0.2, -0.15) is 11.8 Å². The number of hydrogen-bond donors (Lipinski definition) is 1. The van der Waals surface area contributed by atoms with Crippen molar-refractivity contribution in [2.45, 2.75) is 6.92 Å². The summed E-state index contributed by atoms with van der Waals surface area (Å²) in [5.74, 6) is 2.98. The molecular weight excluding hydrogens is 272 g/mol. The maximum atomic E-state index is 4.31. The van der Waals surface area contributed by atoms with Crippen LogP contribution in [-0.2, 0) is 0 Å². The zero-order chi connectivity index (χ0) is 11.1. The van der Waals surface area contributed by atoms with Crippen molar-refractivity contribution in [3.05, 3.63) is 35.0 Å². The van der Waals surface area contributed by atoms with Gasteiger partial charge in [0, 0.05) is 24.2 Å². The van der Waals surface area contributed by atoms with Gasteiger partial charge in [0.05, 0.1) is 4.47 Å². The summed E-state index contributed by atoms with van der Waals surface area (Å²) in [4.78, 5) is 4.31. The van der Waals surface area contributed by atoms with Crippen LogP contribution in [0, 0.1) is 6.92 Å². The van der Waals surface area contributed by atoms with Crippen LogP contribution in [0.5, 0.6) is 0 Å². The highest BCUT2D eigenvalue weighted by Crippen LogP contribution is 2.20. The molecule has 0 aliphatic heterocycles. The number of aromatic nitrogens is 1. The molecule has 1 heterocycles. The molecule has 82 valence electrons. The fourth-order valence-corrected chi connectivity index (χ4v) is 2.26. The van der Waals surface area contributed by atoms with Crippen LogP contribution in [0.3, 0.4) is 0 Å². The highest BCUT2D eigenvalue weighted by molar-refractivity contribution is 9.10. The van der Waals surface area contributed by atoms with Gasteiger partial charge < -0.3 is 5.32 Å². The number of halogens is 1. The third-order valence-corrected chi connectivity index (χ3v) is 3.32. The molecule has 0 aliphatic carbocycles. The zero-order valence-electron chi connectivity index (χ0n) is 8.79. The molecule has 1 rings (SSSR count). The molecule has 0 aliphatic rings. The Labute approximate surface area is 104 Å². The molecule has 0 atom stereocenters. The van der Waals surface area contributed by atoms with Gasteiger partial charge in [-0.25, -0.2) is 4.98 Å². The predicted octanol–water partition coefficient (Wildman–Crippen LogP) is 3.48. The molecule has 0 aromatic carbocycles. The fourth-order valence-electron chi connectivity index (χ4n) is 1.07. The van der Waals surface area contributed by atoms with Gasteiger partial charge in [-0.1, -0.05) is 6.08 Å². The Hall–Kier alpha value is -0.480. The van der Waals surface area contributed by atoms with E-state index in [4.69, 9.17) is 0 Å². The fraction of sp³-hybridized carbons (Fsp3) is 0.364. The summed E-state index contributed by atoms with van der Waals surface area (Å²) in [5.41, 5.74) is 1.16. The lowest BCUT2D eigenvalue weighted by molar-refractivity contribution is 1.15. The molecule has 2 nitrogen and oxygen atoms in total. The lowest BCUT2D eigenvalue weighted by Crippen LogP contribution is -2.06. The van der Waals surface area contributed by atoms with E-state index in [2.05, 4.69) is 38.9 Å². The Kier molecular flexibility index (Phi) is 5.79. The number of anilines is 1. The van der Waals surface area contributed by atoms with Crippen molar-refractivity contribution >= 4 is 33.5 Å². The van der Waals surface area contributed by atoms with Crippen LogP contribution in [0.15, 0.2) is 29.4 Å². The van der Waals surface area contributed by atoms with Crippen molar-refractivity contribution in [1.82, 2.24) is 4.98 Å². The van der Waals surface area contributed by atoms with E-state index in [-0.39, 0.29) is 0 Å². The van der Waals surface area contributed by atoms with E-state index in [0.29, 0.717) is 0 Å². The van der Waals surface area contributed by atoms with E-state index >= 15 is 0 Å². The molecule has 1 N–H and O–H groups in total. The largest absolute Gasteiger partial charge is 0.368 e. The predicted molar refractivity (Wildman–Crippen MR) is 72.7 cm³/mol. The van der Waals surface area contributed by atoms with Crippen molar-refractivity contribution < 1.29 is 0 Å². The molecule has 4 heteroatoms. The third-order valence-electron chi connectivity index (χ3n) is 1.75. The number of rotatable bonds is 6. The molecule has 0 fully saturated rings. The van der Waals surface area contributed by atoms with Gasteiger partial charge in [-0.05, 0) is 34.5 Å². The minimum atomic E-state index is 0.916. The zero-order valence-corrected chi connectivity index (χ0v) is 11.2. The summed E-state index contributed by atoms with van der Waals surface area (Å²) in [6.45, 7) is 6.63. The quantitative estimate of drug-likeness (QED) is 0.640. The maximum Gasteiger partial charge on any atom is 0.140 e. The molecule has 0 radical (unpaired) electrons. The summed E-state index contributed by atoms with van der Waals surface area (Å²) in [5, 5.41) is 3.29. The third kappa shape index (κ3) is 4.71. The van der Waals surface area contributed by atoms with Crippen LogP contribution in [-0.4, -0.2) is 23.0 Å². The van der Waals surface area contributed by atoms with Crippen LogP contribution >= 0.6 is 27.7 Å². The number of aryl methyl sites for hydroxylation is 1. The molecular formula is C11H15BrN2S. The number of pyridine rings is 1. The topological polar surface area (TPSA) is 24.9 Å². The number of nitrogens with zero attached hydrogens (tertiary/aromatic N) is 1. The number of nitrogens with one attached hydrogen (secondary N) is 1. The molecule has 0 amide bonds. The smallest absolute Gasteiger partial charge is 0.140 e. The van der Waals surface area contributed by atoms with Gasteiger partial charge in [-0.3, -0.25) is 0 Å². The second-order valence-corrected chi connectivity index (χ2v) is 5.14. The van der Waals surface area contributed by atoms with E-state index in [0.717, 1.165) is 33.9 Å². The first-order valence-corrected chi connectivity index (χ1v) is 6.73. The average Bonchev–Trinajstić information content (AvgIpc) is 2.20. The Balaban J connectivity index is 2.34. The van der Waals surface area contributed by atoms with Crippen molar-refractivity contribution in [1.29, 1.82) is 0 Å². The molecule has 15 heavy (non-hydrogen) atoms.